The number of aromatic nitrogens is 2. The number of hydrogen-bond donors (Lipinski definition) is 1. The van der Waals surface area contributed by atoms with Crippen LogP contribution in [0.5, 0.6) is 11.5 Å². The van der Waals surface area contributed by atoms with Gasteiger partial charge in [-0.05, 0) is 48.4 Å². The molecule has 3 heterocycles. The van der Waals surface area contributed by atoms with Gasteiger partial charge in [-0.25, -0.2) is 9.79 Å². The van der Waals surface area contributed by atoms with Crippen molar-refractivity contribution in [2.45, 2.75) is 38.7 Å². The molecule has 0 saturated heterocycles. The second-order valence-electron chi connectivity index (χ2n) is 8.26. The van der Waals surface area contributed by atoms with Crippen LogP contribution in [0.4, 0.5) is 5.69 Å². The molecule has 1 aliphatic heterocycles. The first-order valence-electron chi connectivity index (χ1n) is 11.5. The van der Waals surface area contributed by atoms with E-state index in [-0.39, 0.29) is 11.5 Å². The summed E-state index contributed by atoms with van der Waals surface area (Å²) in [7, 11) is 0. The predicted molar refractivity (Wildman–Crippen MR) is 131 cm³/mol. The Hall–Kier alpha value is -4.00. The molecule has 0 saturated carbocycles. The van der Waals surface area contributed by atoms with Crippen LogP contribution in [0.15, 0.2) is 65.9 Å². The van der Waals surface area contributed by atoms with Crippen molar-refractivity contribution in [3.8, 4) is 11.5 Å². The fraction of sp³-hybridized carbons (Fsp3) is 0.259. The Labute approximate surface area is 197 Å². The van der Waals surface area contributed by atoms with Crippen molar-refractivity contribution in [1.29, 1.82) is 0 Å². The summed E-state index contributed by atoms with van der Waals surface area (Å²) in [4.78, 5) is 27.0. The molecule has 1 aliphatic rings. The van der Waals surface area contributed by atoms with Crippen molar-refractivity contribution in [3.05, 3.63) is 66.5 Å². The van der Waals surface area contributed by atoms with Crippen molar-refractivity contribution in [2.75, 3.05) is 6.61 Å². The maximum Gasteiger partial charge on any atom is 0.356 e. The molecule has 5 rings (SSSR count). The topological polar surface area (TPSA) is 93.9 Å². The van der Waals surface area contributed by atoms with Gasteiger partial charge in [-0.1, -0.05) is 38.3 Å². The number of fused-ring (bicyclic) bond motifs is 6. The maximum atomic E-state index is 13.2. The monoisotopic (exact) mass is 455 g/mol. The number of nitrogens with zero attached hydrogens (tertiary/aromatic N) is 3. The first kappa shape index (κ1) is 21.8. The molecule has 2 aromatic carbocycles. The zero-order valence-electron chi connectivity index (χ0n) is 18.9. The summed E-state index contributed by atoms with van der Waals surface area (Å²) >= 11 is 0. The van der Waals surface area contributed by atoms with Crippen molar-refractivity contribution in [1.82, 2.24) is 9.97 Å². The maximum absolute atomic E-state index is 13.2. The fourth-order valence-corrected chi connectivity index (χ4v) is 4.19. The Bertz CT molecular complexity index is 1380. The number of ether oxygens (including phenoxy) is 2. The van der Waals surface area contributed by atoms with Gasteiger partial charge in [-0.2, -0.15) is 0 Å². The second-order valence-corrected chi connectivity index (χ2v) is 8.26. The van der Waals surface area contributed by atoms with E-state index in [2.05, 4.69) is 16.9 Å². The highest BCUT2D eigenvalue weighted by Gasteiger charge is 2.34. The van der Waals surface area contributed by atoms with Gasteiger partial charge < -0.3 is 14.6 Å². The number of phenolic OH excluding ortho intramolecular Hbond substituents is 1. The number of rotatable bonds is 7. The summed E-state index contributed by atoms with van der Waals surface area (Å²) in [6.45, 7) is 2.47. The van der Waals surface area contributed by atoms with E-state index < -0.39 is 12.1 Å². The van der Waals surface area contributed by atoms with E-state index in [0.717, 1.165) is 36.5 Å². The molecule has 1 N–H and O–H groups in total. The van der Waals surface area contributed by atoms with Gasteiger partial charge in [0.25, 0.3) is 0 Å². The summed E-state index contributed by atoms with van der Waals surface area (Å²) in [6.07, 6.45) is 6.66. The minimum Gasteiger partial charge on any atom is -0.508 e. The van der Waals surface area contributed by atoms with E-state index in [1.165, 1.54) is 0 Å². The van der Waals surface area contributed by atoms with Crippen LogP contribution in [0, 0.1) is 0 Å². The van der Waals surface area contributed by atoms with Crippen molar-refractivity contribution in [2.24, 2.45) is 4.99 Å². The van der Waals surface area contributed by atoms with Crippen molar-refractivity contribution >= 4 is 39.2 Å². The Balaban J connectivity index is 1.63. The lowest BCUT2D eigenvalue weighted by molar-refractivity contribution is -0.136. The highest BCUT2D eigenvalue weighted by molar-refractivity contribution is 6.39. The SMILES string of the molecule is CCCCCCOC(=O)C1=Nc2c(c3cccnc3c3ncccc23)OC1c1ccc(O)cc1. The number of aromatic hydroxyl groups is 1. The van der Waals surface area contributed by atoms with Gasteiger partial charge in [0.2, 0.25) is 0 Å². The van der Waals surface area contributed by atoms with Crippen molar-refractivity contribution < 1.29 is 19.4 Å². The zero-order chi connectivity index (χ0) is 23.5. The van der Waals surface area contributed by atoms with Crippen LogP contribution in [0.3, 0.4) is 0 Å². The molecule has 0 amide bonds. The van der Waals surface area contributed by atoms with E-state index >= 15 is 0 Å². The predicted octanol–water partition coefficient (Wildman–Crippen LogP) is 5.82. The smallest absolute Gasteiger partial charge is 0.356 e. The summed E-state index contributed by atoms with van der Waals surface area (Å²) in [5, 5.41) is 11.3. The molecule has 7 heteroatoms. The number of hydrogen-bond acceptors (Lipinski definition) is 7. The molecular formula is C27H25N3O4. The van der Waals surface area contributed by atoms with Crippen LogP contribution in [0.2, 0.25) is 0 Å². The van der Waals surface area contributed by atoms with Gasteiger partial charge >= 0.3 is 5.97 Å². The minimum atomic E-state index is -0.784. The van der Waals surface area contributed by atoms with Crippen LogP contribution in [0.25, 0.3) is 21.8 Å². The van der Waals surface area contributed by atoms with Crippen molar-refractivity contribution in [3.63, 3.8) is 0 Å². The lowest BCUT2D eigenvalue weighted by Crippen LogP contribution is -2.30. The molecule has 172 valence electrons. The van der Waals surface area contributed by atoms with Crippen LogP contribution in [0.1, 0.15) is 44.3 Å². The fourth-order valence-electron chi connectivity index (χ4n) is 4.19. The summed E-state index contributed by atoms with van der Waals surface area (Å²) in [6, 6.07) is 14.0. The molecular weight excluding hydrogens is 430 g/mol. The van der Waals surface area contributed by atoms with E-state index in [0.29, 0.717) is 34.6 Å². The third kappa shape index (κ3) is 4.05. The summed E-state index contributed by atoms with van der Waals surface area (Å²) in [5.74, 6) is 0.161. The first-order valence-corrected chi connectivity index (χ1v) is 11.5. The minimum absolute atomic E-state index is 0.128. The Morgan fingerprint density at radius 2 is 1.68 bits per heavy atom. The standard InChI is InChI=1S/C27H25N3O4/c1-2-3-4-5-16-33-27(32)24-25(17-10-12-18(31)13-11-17)34-26-20-9-7-15-29-22(20)21-19(23(26)30-24)8-6-14-28-21/h6-15,25,31H,2-5,16H2,1H3. The van der Waals surface area contributed by atoms with Crippen LogP contribution < -0.4 is 4.74 Å². The highest BCUT2D eigenvalue weighted by atomic mass is 16.5. The Kier molecular flexibility index (Phi) is 6.08. The van der Waals surface area contributed by atoms with E-state index in [1.54, 1.807) is 36.7 Å². The quantitative estimate of drug-likeness (QED) is 0.214. The number of carbonyl (C=O) groups excluding carboxylic acids is 1. The average molecular weight is 456 g/mol. The molecule has 0 radical (unpaired) electrons. The number of benzene rings is 2. The average Bonchev–Trinajstić information content (AvgIpc) is 2.88. The highest BCUT2D eigenvalue weighted by Crippen LogP contribution is 2.47. The summed E-state index contributed by atoms with van der Waals surface area (Å²) in [5.41, 5.74) is 2.80. The molecule has 0 aliphatic carbocycles. The number of carbonyl (C=O) groups is 1. The van der Waals surface area contributed by atoms with Crippen LogP contribution in [-0.4, -0.2) is 33.4 Å². The summed E-state index contributed by atoms with van der Waals surface area (Å²) < 4.78 is 12.1. The molecule has 0 fully saturated rings. The molecule has 34 heavy (non-hydrogen) atoms. The third-order valence-corrected chi connectivity index (χ3v) is 5.91. The number of pyridine rings is 2. The molecule has 7 nitrogen and oxygen atoms in total. The van der Waals surface area contributed by atoms with Gasteiger partial charge in [0.1, 0.15) is 17.0 Å². The van der Waals surface area contributed by atoms with Gasteiger partial charge in [0.15, 0.2) is 17.6 Å². The molecule has 1 unspecified atom stereocenters. The normalized spacial score (nSPS) is 15.0. The van der Waals surface area contributed by atoms with E-state index in [1.807, 2.05) is 24.3 Å². The molecule has 1 atom stereocenters. The molecule has 4 aromatic rings. The zero-order valence-corrected chi connectivity index (χ0v) is 18.9. The van der Waals surface area contributed by atoms with Gasteiger partial charge in [0.05, 0.1) is 12.1 Å². The molecule has 0 bridgehead atoms. The largest absolute Gasteiger partial charge is 0.508 e. The Morgan fingerprint density at radius 1 is 0.971 bits per heavy atom. The van der Waals surface area contributed by atoms with Crippen LogP contribution >= 0.6 is 0 Å². The van der Waals surface area contributed by atoms with E-state index in [4.69, 9.17) is 14.5 Å². The van der Waals surface area contributed by atoms with Gasteiger partial charge in [-0.15, -0.1) is 0 Å². The first-order chi connectivity index (χ1) is 16.7. The number of phenols is 1. The van der Waals surface area contributed by atoms with E-state index in [9.17, 15) is 9.90 Å². The Morgan fingerprint density at radius 3 is 2.41 bits per heavy atom. The third-order valence-electron chi connectivity index (χ3n) is 5.91. The molecule has 2 aromatic heterocycles. The second kappa shape index (κ2) is 9.47. The molecule has 0 spiro atoms. The lowest BCUT2D eigenvalue weighted by Gasteiger charge is -2.27. The lowest BCUT2D eigenvalue weighted by atomic mass is 10.0. The van der Waals surface area contributed by atoms with Crippen LogP contribution in [-0.2, 0) is 9.53 Å². The van der Waals surface area contributed by atoms with Gasteiger partial charge in [0, 0.05) is 23.2 Å². The number of esters is 1. The van der Waals surface area contributed by atoms with Gasteiger partial charge in [-0.3, -0.25) is 9.97 Å². The number of aliphatic imine (C=N–C) groups is 1. The number of unbranched alkanes of at least 4 members (excludes halogenated alkanes) is 3.